The van der Waals surface area contributed by atoms with Crippen LogP contribution in [0.3, 0.4) is 0 Å². The van der Waals surface area contributed by atoms with Gasteiger partial charge in [0.15, 0.2) is 5.96 Å². The minimum absolute atomic E-state index is 0.0896. The van der Waals surface area contributed by atoms with E-state index in [1.807, 2.05) is 44.2 Å². The number of benzene rings is 2. The molecule has 0 spiro atoms. The fraction of sp³-hybridized carbons (Fsp3) is 0.400. The van der Waals surface area contributed by atoms with E-state index in [0.29, 0.717) is 17.7 Å². The number of fused-ring (bicyclic) bond motifs is 1. The number of rotatable bonds is 6. The van der Waals surface area contributed by atoms with Gasteiger partial charge < -0.3 is 20.5 Å². The van der Waals surface area contributed by atoms with E-state index < -0.39 is 12.1 Å². The van der Waals surface area contributed by atoms with Crippen LogP contribution in [0.15, 0.2) is 48.5 Å². The predicted molar refractivity (Wildman–Crippen MR) is 124 cm³/mol. The van der Waals surface area contributed by atoms with E-state index in [1.165, 1.54) is 4.90 Å². The molecule has 4 rings (SSSR count). The standard InChI is InChI=1S/C25H30N4O4/c1-3-25(4-2)13-21(31)29(24(26)28-25)14-16-8-7-9-17(12-16)23(32)27-22-18-10-5-6-11-20(18)33-15-19(22)30/h5-12,19,22,30H,3-4,13-15H2,1-2H3,(H2,26,28)(H,27,32)/t19?,22-/m1/s1. The van der Waals surface area contributed by atoms with E-state index in [1.54, 1.807) is 18.2 Å². The lowest BCUT2D eigenvalue weighted by Crippen LogP contribution is -2.61. The lowest BCUT2D eigenvalue weighted by molar-refractivity contribution is -0.131. The largest absolute Gasteiger partial charge is 0.490 e. The number of ether oxygens (including phenoxy) is 1. The minimum Gasteiger partial charge on any atom is -0.490 e. The molecule has 0 aromatic heterocycles. The van der Waals surface area contributed by atoms with Crippen molar-refractivity contribution in [2.24, 2.45) is 0 Å². The molecule has 0 bridgehead atoms. The van der Waals surface area contributed by atoms with E-state index in [9.17, 15) is 14.7 Å². The number of guanidine groups is 1. The fourth-order valence-corrected chi connectivity index (χ4v) is 4.46. The van der Waals surface area contributed by atoms with Gasteiger partial charge in [0.05, 0.1) is 19.0 Å². The maximum atomic E-state index is 13.0. The summed E-state index contributed by atoms with van der Waals surface area (Å²) in [5.74, 6) is 0.310. The molecule has 2 amide bonds. The predicted octanol–water partition coefficient (Wildman–Crippen LogP) is 2.73. The maximum absolute atomic E-state index is 13.0. The van der Waals surface area contributed by atoms with Gasteiger partial charge in [-0.15, -0.1) is 0 Å². The first-order valence-corrected chi connectivity index (χ1v) is 11.3. The molecule has 0 aliphatic carbocycles. The molecule has 2 atom stereocenters. The lowest BCUT2D eigenvalue weighted by Gasteiger charge is -2.42. The maximum Gasteiger partial charge on any atom is 0.251 e. The molecule has 2 aromatic rings. The summed E-state index contributed by atoms with van der Waals surface area (Å²) in [6, 6.07) is 13.7. The van der Waals surface area contributed by atoms with Crippen molar-refractivity contribution in [2.75, 3.05) is 6.61 Å². The van der Waals surface area contributed by atoms with Gasteiger partial charge in [0.2, 0.25) is 5.91 Å². The zero-order valence-electron chi connectivity index (χ0n) is 18.9. The molecule has 2 heterocycles. The molecule has 0 saturated carbocycles. The molecule has 2 aromatic carbocycles. The third kappa shape index (κ3) is 4.57. The van der Waals surface area contributed by atoms with Crippen LogP contribution in [-0.2, 0) is 11.3 Å². The number of nitrogens with zero attached hydrogens (tertiary/aromatic N) is 1. The zero-order valence-corrected chi connectivity index (χ0v) is 18.9. The highest BCUT2D eigenvalue weighted by Gasteiger charge is 2.39. The number of aliphatic hydroxyl groups is 1. The van der Waals surface area contributed by atoms with Gasteiger partial charge in [-0.05, 0) is 36.6 Å². The second-order valence-corrected chi connectivity index (χ2v) is 8.69. The summed E-state index contributed by atoms with van der Waals surface area (Å²) in [4.78, 5) is 27.2. The zero-order chi connectivity index (χ0) is 23.6. The first kappa shape index (κ1) is 22.8. The molecule has 4 N–H and O–H groups in total. The number of hydrogen-bond acceptors (Lipinski definition) is 5. The first-order valence-electron chi connectivity index (χ1n) is 11.3. The van der Waals surface area contributed by atoms with Gasteiger partial charge in [0, 0.05) is 16.7 Å². The Kier molecular flexibility index (Phi) is 6.37. The highest BCUT2D eigenvalue weighted by Crippen LogP contribution is 2.32. The Hall–Kier alpha value is -3.39. The molecule has 1 fully saturated rings. The Labute approximate surface area is 193 Å². The molecule has 1 unspecified atom stereocenters. The van der Waals surface area contributed by atoms with Gasteiger partial charge in [-0.2, -0.15) is 0 Å². The van der Waals surface area contributed by atoms with E-state index >= 15 is 0 Å². The highest BCUT2D eigenvalue weighted by molar-refractivity contribution is 5.99. The van der Waals surface area contributed by atoms with Gasteiger partial charge >= 0.3 is 0 Å². The molecule has 1 saturated heterocycles. The average Bonchev–Trinajstić information content (AvgIpc) is 2.83. The minimum atomic E-state index is -0.859. The molecule has 2 aliphatic rings. The van der Waals surface area contributed by atoms with Gasteiger partial charge in [-0.25, -0.2) is 0 Å². The molecular formula is C25H30N4O4. The number of para-hydroxylation sites is 1. The van der Waals surface area contributed by atoms with E-state index in [2.05, 4.69) is 10.6 Å². The quantitative estimate of drug-likeness (QED) is 0.540. The Balaban J connectivity index is 1.48. The van der Waals surface area contributed by atoms with Crippen LogP contribution in [-0.4, -0.2) is 46.0 Å². The normalized spacial score (nSPS) is 21.6. The number of carbonyl (C=O) groups excluding carboxylic acids is 2. The first-order chi connectivity index (χ1) is 15.9. The fourth-order valence-electron chi connectivity index (χ4n) is 4.46. The number of amides is 2. The van der Waals surface area contributed by atoms with Crippen molar-refractivity contribution in [1.29, 1.82) is 5.41 Å². The summed E-state index contributed by atoms with van der Waals surface area (Å²) in [7, 11) is 0. The Morgan fingerprint density at radius 1 is 1.24 bits per heavy atom. The van der Waals surface area contributed by atoms with Crippen molar-refractivity contribution in [3.8, 4) is 5.75 Å². The summed E-state index contributed by atoms with van der Waals surface area (Å²) in [5.41, 5.74) is 1.53. The number of carbonyl (C=O) groups is 2. The van der Waals surface area contributed by atoms with Crippen LogP contribution in [0.2, 0.25) is 0 Å². The van der Waals surface area contributed by atoms with Gasteiger partial charge in [-0.1, -0.05) is 44.2 Å². The summed E-state index contributed by atoms with van der Waals surface area (Å²) < 4.78 is 5.54. The third-order valence-electron chi connectivity index (χ3n) is 6.66. The number of nitrogens with one attached hydrogen (secondary N) is 3. The molecule has 0 radical (unpaired) electrons. The van der Waals surface area contributed by atoms with Crippen LogP contribution < -0.4 is 15.4 Å². The van der Waals surface area contributed by atoms with Crippen molar-refractivity contribution >= 4 is 17.8 Å². The number of aliphatic hydroxyl groups excluding tert-OH is 1. The van der Waals surface area contributed by atoms with E-state index in [-0.39, 0.29) is 36.5 Å². The van der Waals surface area contributed by atoms with Gasteiger partial charge in [-0.3, -0.25) is 19.9 Å². The summed E-state index contributed by atoms with van der Waals surface area (Å²) in [6.45, 7) is 4.34. The second kappa shape index (κ2) is 9.23. The molecule has 33 heavy (non-hydrogen) atoms. The van der Waals surface area contributed by atoms with Crippen molar-refractivity contribution in [3.63, 3.8) is 0 Å². The number of hydrogen-bond donors (Lipinski definition) is 4. The van der Waals surface area contributed by atoms with Gasteiger partial charge in [0.1, 0.15) is 18.5 Å². The summed E-state index contributed by atoms with van der Waals surface area (Å²) in [5, 5.41) is 24.9. The third-order valence-corrected chi connectivity index (χ3v) is 6.66. The molecule has 8 nitrogen and oxygen atoms in total. The summed E-state index contributed by atoms with van der Waals surface area (Å²) >= 11 is 0. The van der Waals surface area contributed by atoms with Crippen molar-refractivity contribution < 1.29 is 19.4 Å². The van der Waals surface area contributed by atoms with Gasteiger partial charge in [0.25, 0.3) is 5.91 Å². The van der Waals surface area contributed by atoms with Crippen LogP contribution in [0, 0.1) is 5.41 Å². The molecule has 2 aliphatic heterocycles. The lowest BCUT2D eigenvalue weighted by atomic mass is 9.87. The van der Waals surface area contributed by atoms with Crippen LogP contribution in [0.1, 0.15) is 60.6 Å². The highest BCUT2D eigenvalue weighted by atomic mass is 16.5. The van der Waals surface area contributed by atoms with Crippen molar-refractivity contribution in [1.82, 2.24) is 15.5 Å². The van der Waals surface area contributed by atoms with Crippen molar-refractivity contribution in [3.05, 3.63) is 65.2 Å². The average molecular weight is 451 g/mol. The Morgan fingerprint density at radius 2 is 2.00 bits per heavy atom. The van der Waals surface area contributed by atoms with Crippen LogP contribution in [0.5, 0.6) is 5.75 Å². The van der Waals surface area contributed by atoms with Crippen LogP contribution in [0.4, 0.5) is 0 Å². The monoisotopic (exact) mass is 450 g/mol. The smallest absolute Gasteiger partial charge is 0.251 e. The Bertz CT molecular complexity index is 1050. The van der Waals surface area contributed by atoms with Crippen molar-refractivity contribution in [2.45, 2.75) is 57.3 Å². The topological polar surface area (TPSA) is 115 Å². The molecular weight excluding hydrogens is 420 g/mol. The van der Waals surface area contributed by atoms with E-state index in [4.69, 9.17) is 10.1 Å². The van der Waals surface area contributed by atoms with Crippen LogP contribution in [0.25, 0.3) is 0 Å². The second-order valence-electron chi connectivity index (χ2n) is 8.69. The molecule has 8 heteroatoms. The molecule has 174 valence electrons. The SMILES string of the molecule is CCC1(CC)CC(=O)N(Cc2cccc(C(=O)N[C@@H]3c4ccccc4OCC3O)c2)C(=N)N1. The Morgan fingerprint density at radius 3 is 2.73 bits per heavy atom. The van der Waals surface area contributed by atoms with Crippen LogP contribution >= 0.6 is 0 Å². The summed E-state index contributed by atoms with van der Waals surface area (Å²) in [6.07, 6.45) is 1.01. The van der Waals surface area contributed by atoms with E-state index in [0.717, 1.165) is 24.0 Å².